The van der Waals surface area contributed by atoms with E-state index in [-0.39, 0.29) is 5.91 Å². The number of hydrogen-bond donors (Lipinski definition) is 1. The Morgan fingerprint density at radius 2 is 1.78 bits per heavy atom. The van der Waals surface area contributed by atoms with Crippen LogP contribution in [-0.4, -0.2) is 5.91 Å². The van der Waals surface area contributed by atoms with Crippen molar-refractivity contribution in [1.82, 2.24) is 0 Å². The first kappa shape index (κ1) is 6.75. The zero-order valence-corrected chi connectivity index (χ0v) is 5.73. The van der Waals surface area contributed by atoms with Crippen molar-refractivity contribution in [3.05, 3.63) is 0 Å². The van der Waals surface area contributed by atoms with Gasteiger partial charge in [-0.2, -0.15) is 0 Å². The maximum Gasteiger partial charge on any atom is 0.311 e. The molecule has 0 aromatic rings. The van der Waals surface area contributed by atoms with Crippen LogP contribution >= 0.6 is 0 Å². The third kappa shape index (κ3) is 1.79. The Bertz CT molecular complexity index is 105. The number of carbonyl (C=O) groups is 1. The van der Waals surface area contributed by atoms with Gasteiger partial charge in [-0.05, 0) is 12.8 Å². The van der Waals surface area contributed by atoms with E-state index >= 15 is 0 Å². The lowest BCUT2D eigenvalue weighted by Crippen LogP contribution is -2.60. The fourth-order valence-electron chi connectivity index (χ4n) is 1.42. The number of hydrogen-bond acceptors (Lipinski definition) is 1. The minimum Gasteiger partial charge on any atom is -0.294 e. The van der Waals surface area contributed by atoms with E-state index in [0.29, 0.717) is 5.92 Å². The third-order valence-electron chi connectivity index (χ3n) is 2.06. The van der Waals surface area contributed by atoms with E-state index in [1.54, 1.807) is 0 Å². The van der Waals surface area contributed by atoms with Gasteiger partial charge in [-0.1, -0.05) is 19.3 Å². The van der Waals surface area contributed by atoms with Crippen molar-refractivity contribution in [2.24, 2.45) is 5.92 Å². The second kappa shape index (κ2) is 2.97. The first-order valence-corrected chi connectivity index (χ1v) is 3.66. The highest BCUT2D eigenvalue weighted by Crippen LogP contribution is 2.22. The van der Waals surface area contributed by atoms with Gasteiger partial charge in [0.25, 0.3) is 0 Å². The molecule has 0 unspecified atom stereocenters. The molecular weight excluding hydrogens is 114 g/mol. The van der Waals surface area contributed by atoms with Gasteiger partial charge in [-0.25, -0.2) is 4.79 Å². The normalized spacial score (nSPS) is 21.9. The van der Waals surface area contributed by atoms with Crippen LogP contribution in [0, 0.1) is 5.92 Å². The van der Waals surface area contributed by atoms with Crippen LogP contribution < -0.4 is 5.73 Å². The van der Waals surface area contributed by atoms with Crippen LogP contribution in [0.4, 0.5) is 0 Å². The van der Waals surface area contributed by atoms with Gasteiger partial charge < -0.3 is 0 Å². The summed E-state index contributed by atoms with van der Waals surface area (Å²) in [6.07, 6.45) is 5.94. The molecular formula is C7H14NO+. The van der Waals surface area contributed by atoms with Crippen molar-refractivity contribution in [3.63, 3.8) is 0 Å². The Hall–Kier alpha value is -0.370. The summed E-state index contributed by atoms with van der Waals surface area (Å²) in [5.41, 5.74) is 3.42. The lowest BCUT2D eigenvalue weighted by molar-refractivity contribution is -0.312. The van der Waals surface area contributed by atoms with Crippen molar-refractivity contribution in [1.29, 1.82) is 0 Å². The quantitative estimate of drug-likeness (QED) is 0.543. The SMILES string of the molecule is [NH3+]C(=O)C1CCCCC1. The Morgan fingerprint density at radius 3 is 2.11 bits per heavy atom. The summed E-state index contributed by atoms with van der Waals surface area (Å²) in [7, 11) is 0. The molecule has 2 heteroatoms. The van der Waals surface area contributed by atoms with Crippen LogP contribution in [0.25, 0.3) is 0 Å². The van der Waals surface area contributed by atoms with Crippen LogP contribution in [0.1, 0.15) is 32.1 Å². The van der Waals surface area contributed by atoms with E-state index in [4.69, 9.17) is 0 Å². The fraction of sp³-hybridized carbons (Fsp3) is 0.857. The monoisotopic (exact) mass is 128 g/mol. The summed E-state index contributed by atoms with van der Waals surface area (Å²) in [5.74, 6) is 0.452. The highest BCUT2D eigenvalue weighted by molar-refractivity contribution is 5.67. The molecule has 1 aliphatic carbocycles. The topological polar surface area (TPSA) is 44.7 Å². The van der Waals surface area contributed by atoms with Crippen LogP contribution in [0.3, 0.4) is 0 Å². The standard InChI is InChI=1S/C7H13NO/c8-7(9)6-4-2-1-3-5-6/h6H,1-5H2,(H2,8,9)/p+1. The van der Waals surface area contributed by atoms with Crippen molar-refractivity contribution >= 4 is 5.91 Å². The Kier molecular flexibility index (Phi) is 2.22. The molecule has 0 heterocycles. The van der Waals surface area contributed by atoms with Gasteiger partial charge in [0.05, 0.1) is 5.92 Å². The molecule has 0 bridgehead atoms. The van der Waals surface area contributed by atoms with Crippen molar-refractivity contribution < 1.29 is 10.5 Å². The number of carbonyl (C=O) groups excluding carboxylic acids is 1. The lowest BCUT2D eigenvalue weighted by atomic mass is 9.89. The highest BCUT2D eigenvalue weighted by Gasteiger charge is 2.20. The molecule has 0 aromatic heterocycles. The average molecular weight is 128 g/mol. The molecule has 3 N–H and O–H groups in total. The molecule has 1 saturated carbocycles. The zero-order valence-electron chi connectivity index (χ0n) is 5.73. The summed E-state index contributed by atoms with van der Waals surface area (Å²) in [4.78, 5) is 10.7. The van der Waals surface area contributed by atoms with E-state index in [2.05, 4.69) is 5.73 Å². The van der Waals surface area contributed by atoms with Crippen LogP contribution in [0.2, 0.25) is 0 Å². The molecule has 0 saturated heterocycles. The summed E-state index contributed by atoms with van der Waals surface area (Å²) in [6, 6.07) is 0. The van der Waals surface area contributed by atoms with Crippen molar-refractivity contribution in [2.75, 3.05) is 0 Å². The average Bonchev–Trinajstić information content (AvgIpc) is 1.90. The van der Waals surface area contributed by atoms with Gasteiger partial charge in [0.15, 0.2) is 0 Å². The summed E-state index contributed by atoms with van der Waals surface area (Å²) < 4.78 is 0. The minimum absolute atomic E-state index is 0.148. The van der Waals surface area contributed by atoms with E-state index in [1.165, 1.54) is 19.3 Å². The first-order chi connectivity index (χ1) is 4.30. The van der Waals surface area contributed by atoms with Crippen molar-refractivity contribution in [2.45, 2.75) is 32.1 Å². The highest BCUT2D eigenvalue weighted by atomic mass is 16.1. The Labute approximate surface area is 55.4 Å². The molecule has 0 aliphatic heterocycles. The zero-order chi connectivity index (χ0) is 6.69. The summed E-state index contributed by atoms with van der Waals surface area (Å²) in [6.45, 7) is 0. The molecule has 9 heavy (non-hydrogen) atoms. The molecule has 1 rings (SSSR count). The third-order valence-corrected chi connectivity index (χ3v) is 2.06. The largest absolute Gasteiger partial charge is 0.311 e. The lowest BCUT2D eigenvalue weighted by Gasteiger charge is -2.15. The number of rotatable bonds is 1. The molecule has 1 amide bonds. The van der Waals surface area contributed by atoms with Gasteiger partial charge in [0, 0.05) is 0 Å². The summed E-state index contributed by atoms with van der Waals surface area (Å²) >= 11 is 0. The van der Waals surface area contributed by atoms with Gasteiger partial charge in [-0.15, -0.1) is 0 Å². The van der Waals surface area contributed by atoms with Gasteiger partial charge in [-0.3, -0.25) is 5.73 Å². The molecule has 2 nitrogen and oxygen atoms in total. The second-order valence-electron chi connectivity index (χ2n) is 2.80. The van der Waals surface area contributed by atoms with E-state index < -0.39 is 0 Å². The number of amides is 1. The van der Waals surface area contributed by atoms with E-state index in [1.807, 2.05) is 0 Å². The molecule has 0 atom stereocenters. The molecule has 52 valence electrons. The molecule has 0 radical (unpaired) electrons. The van der Waals surface area contributed by atoms with Gasteiger partial charge >= 0.3 is 5.91 Å². The summed E-state index contributed by atoms with van der Waals surface area (Å²) in [5, 5.41) is 0. The van der Waals surface area contributed by atoms with E-state index in [9.17, 15) is 4.79 Å². The Morgan fingerprint density at radius 1 is 1.22 bits per heavy atom. The van der Waals surface area contributed by atoms with Gasteiger partial charge in [0.2, 0.25) is 0 Å². The first-order valence-electron chi connectivity index (χ1n) is 3.66. The van der Waals surface area contributed by atoms with Crippen LogP contribution in [0.5, 0.6) is 0 Å². The van der Waals surface area contributed by atoms with Crippen LogP contribution in [0.15, 0.2) is 0 Å². The predicted octanol–water partition coefficient (Wildman–Crippen LogP) is 0.335. The fourth-order valence-corrected chi connectivity index (χ4v) is 1.42. The molecule has 1 aliphatic rings. The molecule has 0 spiro atoms. The smallest absolute Gasteiger partial charge is 0.294 e. The second-order valence-corrected chi connectivity index (χ2v) is 2.80. The van der Waals surface area contributed by atoms with Gasteiger partial charge in [0.1, 0.15) is 0 Å². The Balaban J connectivity index is 2.31. The van der Waals surface area contributed by atoms with Crippen LogP contribution in [-0.2, 0) is 4.79 Å². The van der Waals surface area contributed by atoms with E-state index in [0.717, 1.165) is 12.8 Å². The molecule has 1 fully saturated rings. The number of quaternary nitrogens is 1. The maximum absolute atomic E-state index is 10.7. The molecule has 0 aromatic carbocycles. The maximum atomic E-state index is 10.7. The minimum atomic E-state index is 0.148. The predicted molar refractivity (Wildman–Crippen MR) is 34.5 cm³/mol. The van der Waals surface area contributed by atoms with Crippen molar-refractivity contribution in [3.8, 4) is 0 Å².